The molecule has 0 saturated carbocycles. The second kappa shape index (κ2) is 6.42. The molecule has 0 radical (unpaired) electrons. The van der Waals surface area contributed by atoms with Crippen molar-refractivity contribution >= 4 is 29.1 Å². The summed E-state index contributed by atoms with van der Waals surface area (Å²) in [7, 11) is 0. The average molecular weight is 373 g/mol. The lowest BCUT2D eigenvalue weighted by atomic mass is 10.0. The largest absolute Gasteiger partial charge is 0.417 e. The molecule has 12 heteroatoms. The number of nitrogens with one attached hydrogen (secondary N) is 1. The zero-order chi connectivity index (χ0) is 18.1. The summed E-state index contributed by atoms with van der Waals surface area (Å²) in [6, 6.07) is -0.264. The lowest BCUT2D eigenvalue weighted by Crippen LogP contribution is -2.19. The van der Waals surface area contributed by atoms with Crippen LogP contribution in [0.3, 0.4) is 0 Å². The smallest absolute Gasteiger partial charge is 0.303 e. The molecule has 0 aliphatic carbocycles. The Morgan fingerprint density at radius 1 is 1.12 bits per heavy atom. The van der Waals surface area contributed by atoms with E-state index >= 15 is 0 Å². The highest BCUT2D eigenvalue weighted by atomic mass is 32.2. The summed E-state index contributed by atoms with van der Waals surface area (Å²) in [6.45, 7) is 0. The van der Waals surface area contributed by atoms with Crippen LogP contribution in [0.1, 0.15) is 16.7 Å². The van der Waals surface area contributed by atoms with Gasteiger partial charge in [0.15, 0.2) is 5.17 Å². The minimum Gasteiger partial charge on any atom is -0.303 e. The molecule has 0 unspecified atom stereocenters. The molecule has 1 fully saturated rings. The Hall–Kier alpha value is -2.11. The maximum absolute atomic E-state index is 13.7. The van der Waals surface area contributed by atoms with Crippen LogP contribution in [0.25, 0.3) is 0 Å². The van der Waals surface area contributed by atoms with Crippen molar-refractivity contribution in [3.63, 3.8) is 0 Å². The number of carbonyl (C=O) groups is 1. The molecular weight excluding hydrogens is 367 g/mol. The SMILES string of the molecule is O=C1CSC(=NN=Cc2c(F)cc(C(F)(F)F)cc2C(F)(F)F)N1. The highest BCUT2D eigenvalue weighted by Gasteiger charge is 2.39. The quantitative estimate of drug-likeness (QED) is 0.491. The van der Waals surface area contributed by atoms with E-state index in [1.165, 1.54) is 0 Å². The lowest BCUT2D eigenvalue weighted by molar-refractivity contribution is -0.143. The van der Waals surface area contributed by atoms with Gasteiger partial charge in [-0.3, -0.25) is 4.79 Å². The summed E-state index contributed by atoms with van der Waals surface area (Å²) in [4.78, 5) is 10.9. The molecule has 2 rings (SSSR count). The zero-order valence-corrected chi connectivity index (χ0v) is 12.1. The van der Waals surface area contributed by atoms with Crippen LogP contribution in [0.2, 0.25) is 0 Å². The van der Waals surface area contributed by atoms with Gasteiger partial charge < -0.3 is 5.32 Å². The van der Waals surface area contributed by atoms with Crippen molar-refractivity contribution in [3.8, 4) is 0 Å². The van der Waals surface area contributed by atoms with E-state index in [0.29, 0.717) is 6.21 Å². The van der Waals surface area contributed by atoms with Crippen LogP contribution in [0.5, 0.6) is 0 Å². The predicted molar refractivity (Wildman–Crippen MR) is 72.0 cm³/mol. The van der Waals surface area contributed by atoms with E-state index in [-0.39, 0.29) is 23.1 Å². The number of thioether (sulfide) groups is 1. The molecule has 0 bridgehead atoms. The minimum absolute atomic E-state index is 0.0165. The summed E-state index contributed by atoms with van der Waals surface area (Å²) in [5.74, 6) is -2.11. The van der Waals surface area contributed by atoms with Crippen LogP contribution >= 0.6 is 11.8 Å². The Labute approximate surface area is 133 Å². The van der Waals surface area contributed by atoms with Gasteiger partial charge in [0.1, 0.15) is 5.82 Å². The second-order valence-corrected chi connectivity index (χ2v) is 5.37. The van der Waals surface area contributed by atoms with Crippen LogP contribution in [0.15, 0.2) is 22.3 Å². The number of amidine groups is 1. The van der Waals surface area contributed by atoms with E-state index in [2.05, 4.69) is 15.5 Å². The fourth-order valence-electron chi connectivity index (χ4n) is 1.67. The standard InChI is InChI=1S/C12H6F7N3OS/c13-8-2-5(11(14,15)16)1-7(12(17,18)19)6(8)3-20-22-10-21-9(23)4-24-10/h1-3H,4H2,(H,21,22,23). The van der Waals surface area contributed by atoms with Crippen molar-refractivity contribution in [1.82, 2.24) is 5.32 Å². The maximum atomic E-state index is 13.7. The minimum atomic E-state index is -5.23. The normalized spacial score (nSPS) is 17.8. The Morgan fingerprint density at radius 3 is 2.29 bits per heavy atom. The number of alkyl halides is 6. The first-order valence-corrected chi connectivity index (χ1v) is 6.98. The van der Waals surface area contributed by atoms with Crippen molar-refractivity contribution < 1.29 is 35.5 Å². The van der Waals surface area contributed by atoms with E-state index < -0.39 is 40.8 Å². The number of benzene rings is 1. The Balaban J connectivity index is 2.43. The fourth-order valence-corrected chi connectivity index (χ4v) is 2.30. The summed E-state index contributed by atoms with van der Waals surface area (Å²) >= 11 is 0.916. The number of amides is 1. The molecule has 0 spiro atoms. The van der Waals surface area contributed by atoms with Crippen LogP contribution in [-0.2, 0) is 17.1 Å². The number of hydrogen-bond donors (Lipinski definition) is 1. The van der Waals surface area contributed by atoms with Crippen LogP contribution < -0.4 is 5.32 Å². The van der Waals surface area contributed by atoms with E-state index in [4.69, 9.17) is 0 Å². The third-order valence-electron chi connectivity index (χ3n) is 2.68. The van der Waals surface area contributed by atoms with Gasteiger partial charge >= 0.3 is 12.4 Å². The van der Waals surface area contributed by atoms with E-state index in [9.17, 15) is 35.5 Å². The van der Waals surface area contributed by atoms with Gasteiger partial charge in [-0.15, -0.1) is 5.10 Å². The van der Waals surface area contributed by atoms with Crippen molar-refractivity contribution in [1.29, 1.82) is 0 Å². The van der Waals surface area contributed by atoms with Crippen molar-refractivity contribution in [3.05, 3.63) is 34.6 Å². The third kappa shape index (κ3) is 4.24. The average Bonchev–Trinajstić information content (AvgIpc) is 2.83. The third-order valence-corrected chi connectivity index (χ3v) is 3.55. The Morgan fingerprint density at radius 2 is 1.79 bits per heavy atom. The molecule has 1 aromatic carbocycles. The molecule has 1 aliphatic rings. The molecule has 1 aromatic rings. The molecule has 1 saturated heterocycles. The van der Waals surface area contributed by atoms with Gasteiger partial charge in [-0.25, -0.2) is 4.39 Å². The summed E-state index contributed by atoms with van der Waals surface area (Å²) in [5.41, 5.74) is -4.79. The molecule has 0 aromatic heterocycles. The summed E-state index contributed by atoms with van der Waals surface area (Å²) in [6.07, 6.45) is -10.0. The van der Waals surface area contributed by atoms with Crippen molar-refractivity contribution in [2.24, 2.45) is 10.2 Å². The molecule has 1 heterocycles. The summed E-state index contributed by atoms with van der Waals surface area (Å²) in [5, 5.41) is 8.76. The van der Waals surface area contributed by atoms with Gasteiger partial charge in [0, 0.05) is 5.56 Å². The molecule has 24 heavy (non-hydrogen) atoms. The number of hydrogen-bond acceptors (Lipinski definition) is 4. The first-order chi connectivity index (χ1) is 11.0. The maximum Gasteiger partial charge on any atom is 0.417 e. The molecule has 0 atom stereocenters. The Bertz CT molecular complexity index is 725. The molecule has 1 N–H and O–H groups in total. The van der Waals surface area contributed by atoms with Crippen LogP contribution in [-0.4, -0.2) is 23.0 Å². The predicted octanol–water partition coefficient (Wildman–Crippen LogP) is 3.42. The number of halogens is 7. The van der Waals surface area contributed by atoms with Gasteiger partial charge in [-0.1, -0.05) is 11.8 Å². The monoisotopic (exact) mass is 373 g/mol. The number of rotatable bonds is 2. The molecule has 1 amide bonds. The highest BCUT2D eigenvalue weighted by Crippen LogP contribution is 2.38. The zero-order valence-electron chi connectivity index (χ0n) is 11.3. The Kier molecular flexibility index (Phi) is 4.87. The first kappa shape index (κ1) is 18.2. The molecule has 1 aliphatic heterocycles. The van der Waals surface area contributed by atoms with Crippen LogP contribution in [0.4, 0.5) is 30.7 Å². The van der Waals surface area contributed by atoms with Crippen LogP contribution in [0, 0.1) is 5.82 Å². The number of nitrogens with zero attached hydrogens (tertiary/aromatic N) is 2. The van der Waals surface area contributed by atoms with Crippen molar-refractivity contribution in [2.45, 2.75) is 12.4 Å². The molecular formula is C12H6F7N3OS. The van der Waals surface area contributed by atoms with Gasteiger partial charge in [0.2, 0.25) is 5.91 Å². The lowest BCUT2D eigenvalue weighted by Gasteiger charge is -2.14. The van der Waals surface area contributed by atoms with E-state index in [1.54, 1.807) is 0 Å². The van der Waals surface area contributed by atoms with E-state index in [1.807, 2.05) is 0 Å². The fraction of sp³-hybridized carbons (Fsp3) is 0.250. The topological polar surface area (TPSA) is 53.8 Å². The van der Waals surface area contributed by atoms with Gasteiger partial charge in [0.25, 0.3) is 0 Å². The summed E-state index contributed by atoms with van der Waals surface area (Å²) < 4.78 is 90.0. The molecule has 4 nitrogen and oxygen atoms in total. The first-order valence-electron chi connectivity index (χ1n) is 6.00. The second-order valence-electron chi connectivity index (χ2n) is 4.40. The van der Waals surface area contributed by atoms with Crippen molar-refractivity contribution in [2.75, 3.05) is 5.75 Å². The highest BCUT2D eigenvalue weighted by molar-refractivity contribution is 8.15. The van der Waals surface area contributed by atoms with Gasteiger partial charge in [0.05, 0.1) is 23.1 Å². The molecule has 130 valence electrons. The number of carbonyl (C=O) groups excluding carboxylic acids is 1. The van der Waals surface area contributed by atoms with Gasteiger partial charge in [-0.2, -0.15) is 31.4 Å². The van der Waals surface area contributed by atoms with Gasteiger partial charge in [-0.05, 0) is 12.1 Å². The van der Waals surface area contributed by atoms with E-state index in [0.717, 1.165) is 11.8 Å².